The molecule has 0 amide bonds. The van der Waals surface area contributed by atoms with Crippen LogP contribution in [-0.2, 0) is 0 Å². The van der Waals surface area contributed by atoms with Gasteiger partial charge in [0.05, 0.1) is 0 Å². The van der Waals surface area contributed by atoms with Crippen LogP contribution in [0.25, 0.3) is 0 Å². The highest BCUT2D eigenvalue weighted by molar-refractivity contribution is 5.64. The summed E-state index contributed by atoms with van der Waals surface area (Å²) in [5.41, 5.74) is 1.94. The fourth-order valence-electron chi connectivity index (χ4n) is 3.19. The SMILES string of the molecule is C=C(CCO)/C(=C/NC(C)O)CCNCCCC(C=NC)N1CCNCC1. The van der Waals surface area contributed by atoms with Gasteiger partial charge in [0.2, 0.25) is 0 Å². The van der Waals surface area contributed by atoms with Gasteiger partial charge in [-0.1, -0.05) is 6.58 Å². The molecule has 0 aromatic rings. The van der Waals surface area contributed by atoms with E-state index in [9.17, 15) is 5.11 Å². The van der Waals surface area contributed by atoms with E-state index in [1.807, 2.05) is 13.2 Å². The average molecular weight is 382 g/mol. The zero-order valence-corrected chi connectivity index (χ0v) is 17.1. The third kappa shape index (κ3) is 10.6. The summed E-state index contributed by atoms with van der Waals surface area (Å²) >= 11 is 0. The minimum atomic E-state index is -0.600. The van der Waals surface area contributed by atoms with Crippen molar-refractivity contribution in [2.24, 2.45) is 4.99 Å². The fourth-order valence-corrected chi connectivity index (χ4v) is 3.19. The van der Waals surface area contributed by atoms with Gasteiger partial charge in [-0.2, -0.15) is 0 Å². The molecule has 1 aliphatic heterocycles. The number of nitrogens with zero attached hydrogens (tertiary/aromatic N) is 2. The second kappa shape index (κ2) is 14.8. The van der Waals surface area contributed by atoms with E-state index in [-0.39, 0.29) is 6.61 Å². The van der Waals surface area contributed by atoms with E-state index in [1.54, 1.807) is 6.92 Å². The molecule has 7 heteroatoms. The highest BCUT2D eigenvalue weighted by Crippen LogP contribution is 2.14. The van der Waals surface area contributed by atoms with Crippen molar-refractivity contribution in [3.8, 4) is 0 Å². The monoisotopic (exact) mass is 381 g/mol. The van der Waals surface area contributed by atoms with Crippen molar-refractivity contribution in [1.82, 2.24) is 20.9 Å². The lowest BCUT2D eigenvalue weighted by Crippen LogP contribution is -2.49. The fraction of sp³-hybridized carbons (Fsp3) is 0.750. The Balaban J connectivity index is 2.31. The molecule has 0 aromatic heterocycles. The second-order valence-corrected chi connectivity index (χ2v) is 6.99. The van der Waals surface area contributed by atoms with Gasteiger partial charge in [-0.05, 0) is 56.8 Å². The van der Waals surface area contributed by atoms with Crippen LogP contribution in [0, 0.1) is 0 Å². The third-order valence-electron chi connectivity index (χ3n) is 4.73. The molecule has 27 heavy (non-hydrogen) atoms. The van der Waals surface area contributed by atoms with Crippen LogP contribution in [0.15, 0.2) is 28.9 Å². The van der Waals surface area contributed by atoms with Gasteiger partial charge in [-0.25, -0.2) is 0 Å². The van der Waals surface area contributed by atoms with E-state index >= 15 is 0 Å². The van der Waals surface area contributed by atoms with E-state index < -0.39 is 6.23 Å². The Bertz CT molecular complexity index is 459. The van der Waals surface area contributed by atoms with Crippen LogP contribution in [0.4, 0.5) is 0 Å². The molecule has 1 saturated heterocycles. The molecule has 1 rings (SSSR count). The summed E-state index contributed by atoms with van der Waals surface area (Å²) in [7, 11) is 1.85. The number of aliphatic hydroxyl groups excluding tert-OH is 2. The Kier molecular flexibility index (Phi) is 13.0. The van der Waals surface area contributed by atoms with Gasteiger partial charge in [-0.3, -0.25) is 9.89 Å². The van der Waals surface area contributed by atoms with Gasteiger partial charge >= 0.3 is 0 Å². The van der Waals surface area contributed by atoms with Crippen molar-refractivity contribution < 1.29 is 10.2 Å². The molecular formula is C20H39N5O2. The lowest BCUT2D eigenvalue weighted by Gasteiger charge is -2.32. The molecule has 0 radical (unpaired) electrons. The van der Waals surface area contributed by atoms with Gasteiger partial charge in [0.1, 0.15) is 6.23 Å². The van der Waals surface area contributed by atoms with Crippen molar-refractivity contribution in [3.05, 3.63) is 23.9 Å². The summed E-state index contributed by atoms with van der Waals surface area (Å²) < 4.78 is 0. The molecule has 1 heterocycles. The predicted molar refractivity (Wildman–Crippen MR) is 113 cm³/mol. The lowest BCUT2D eigenvalue weighted by atomic mass is 10.0. The van der Waals surface area contributed by atoms with Crippen LogP contribution in [0.1, 0.15) is 32.6 Å². The van der Waals surface area contributed by atoms with Crippen molar-refractivity contribution >= 4 is 6.21 Å². The molecule has 0 aliphatic carbocycles. The first-order valence-corrected chi connectivity index (χ1v) is 10.1. The molecule has 2 unspecified atom stereocenters. The summed E-state index contributed by atoms with van der Waals surface area (Å²) in [5, 5.41) is 28.3. The van der Waals surface area contributed by atoms with Crippen molar-refractivity contribution in [2.45, 2.75) is 44.9 Å². The van der Waals surface area contributed by atoms with Gasteiger partial charge in [-0.15, -0.1) is 0 Å². The number of aliphatic hydroxyl groups is 2. The van der Waals surface area contributed by atoms with Gasteiger partial charge in [0.25, 0.3) is 0 Å². The molecule has 1 aliphatic rings. The zero-order valence-electron chi connectivity index (χ0n) is 17.1. The van der Waals surface area contributed by atoms with Gasteiger partial charge < -0.3 is 26.2 Å². The number of aliphatic imine (C=N–C) groups is 1. The summed E-state index contributed by atoms with van der Waals surface area (Å²) in [4.78, 5) is 6.75. The minimum absolute atomic E-state index is 0.0880. The Morgan fingerprint density at radius 3 is 2.67 bits per heavy atom. The van der Waals surface area contributed by atoms with Gasteiger partial charge in [0, 0.05) is 58.3 Å². The van der Waals surface area contributed by atoms with Crippen molar-refractivity contribution in [1.29, 1.82) is 0 Å². The number of hydrogen-bond donors (Lipinski definition) is 5. The predicted octanol–water partition coefficient (Wildman–Crippen LogP) is 0.471. The Morgan fingerprint density at radius 2 is 2.04 bits per heavy atom. The Hall–Kier alpha value is -1.25. The first-order valence-electron chi connectivity index (χ1n) is 10.1. The molecule has 0 saturated carbocycles. The molecule has 0 spiro atoms. The molecular weight excluding hydrogens is 342 g/mol. The van der Waals surface area contributed by atoms with Gasteiger partial charge in [0.15, 0.2) is 0 Å². The maximum atomic E-state index is 9.39. The number of rotatable bonds is 14. The largest absolute Gasteiger partial charge is 0.396 e. The summed E-state index contributed by atoms with van der Waals surface area (Å²) in [6.07, 6.45) is 6.86. The smallest absolute Gasteiger partial charge is 0.121 e. The minimum Gasteiger partial charge on any atom is -0.396 e. The number of piperazine rings is 1. The molecule has 7 nitrogen and oxygen atoms in total. The number of hydrogen-bond acceptors (Lipinski definition) is 7. The normalized spacial score (nSPS) is 18.6. The van der Waals surface area contributed by atoms with E-state index in [0.29, 0.717) is 12.5 Å². The molecule has 2 atom stereocenters. The van der Waals surface area contributed by atoms with Crippen LogP contribution < -0.4 is 16.0 Å². The van der Waals surface area contributed by atoms with E-state index in [0.717, 1.165) is 69.7 Å². The molecule has 5 N–H and O–H groups in total. The van der Waals surface area contributed by atoms with Crippen molar-refractivity contribution in [3.63, 3.8) is 0 Å². The summed E-state index contributed by atoms with van der Waals surface area (Å²) in [6.45, 7) is 11.9. The first kappa shape index (κ1) is 23.8. The number of nitrogens with one attached hydrogen (secondary N) is 3. The van der Waals surface area contributed by atoms with E-state index in [1.165, 1.54) is 0 Å². The van der Waals surface area contributed by atoms with Crippen LogP contribution >= 0.6 is 0 Å². The van der Waals surface area contributed by atoms with Crippen LogP contribution in [0.2, 0.25) is 0 Å². The quantitative estimate of drug-likeness (QED) is 0.130. The zero-order chi connectivity index (χ0) is 19.9. The Morgan fingerprint density at radius 1 is 1.30 bits per heavy atom. The highest BCUT2D eigenvalue weighted by Gasteiger charge is 2.18. The standard InChI is InChI=1S/C20H39N5O2/c1-17(7-14-26)19(15-24-18(2)27)6-9-22-8-4-5-20(16-21-3)25-12-10-23-11-13-25/h15-16,18,20,22-24,26-27H,1,4-14H2,2-3H3/b19-15+,21-16?. The Labute approximate surface area is 164 Å². The summed E-state index contributed by atoms with van der Waals surface area (Å²) in [5.74, 6) is 0. The van der Waals surface area contributed by atoms with Crippen LogP contribution in [0.3, 0.4) is 0 Å². The lowest BCUT2D eigenvalue weighted by molar-refractivity contribution is 0.173. The summed E-state index contributed by atoms with van der Waals surface area (Å²) in [6, 6.07) is 0.425. The topological polar surface area (TPSA) is 92.1 Å². The van der Waals surface area contributed by atoms with Crippen LogP contribution in [0.5, 0.6) is 0 Å². The maximum absolute atomic E-state index is 9.39. The molecule has 0 bridgehead atoms. The molecule has 0 aromatic carbocycles. The third-order valence-corrected chi connectivity index (χ3v) is 4.73. The molecule has 1 fully saturated rings. The molecule has 156 valence electrons. The average Bonchev–Trinajstić information content (AvgIpc) is 2.66. The van der Waals surface area contributed by atoms with Crippen LogP contribution in [-0.4, -0.2) is 86.5 Å². The first-order chi connectivity index (χ1) is 13.1. The highest BCUT2D eigenvalue weighted by atomic mass is 16.3. The van der Waals surface area contributed by atoms with E-state index in [2.05, 4.69) is 38.6 Å². The maximum Gasteiger partial charge on any atom is 0.121 e. The van der Waals surface area contributed by atoms with E-state index in [4.69, 9.17) is 5.11 Å². The van der Waals surface area contributed by atoms with Crippen molar-refractivity contribution in [2.75, 3.05) is 52.9 Å². The second-order valence-electron chi connectivity index (χ2n) is 6.99.